The molecule has 1 aromatic carbocycles. The molecule has 1 aromatic rings. The Balaban J connectivity index is 0.000000924. The Morgan fingerprint density at radius 2 is 1.70 bits per heavy atom. The first-order chi connectivity index (χ1) is 10.9. The average Bonchev–Trinajstić information content (AvgIpc) is 2.77. The average molecular weight is 356 g/mol. The molecule has 0 unspecified atom stereocenters. The molecule has 1 aliphatic carbocycles. The van der Waals surface area contributed by atoms with Gasteiger partial charge in [-0.1, -0.05) is 56.3 Å². The fourth-order valence-corrected chi connectivity index (χ4v) is 3.78. The molecule has 1 heterocycles. The minimum atomic E-state index is -0.596. The van der Waals surface area contributed by atoms with Crippen LogP contribution in [0.15, 0.2) is 17.9 Å². The Hall–Kier alpha value is -1.19. The molecule has 3 nitrogen and oxygen atoms in total. The molecule has 0 radical (unpaired) electrons. The van der Waals surface area contributed by atoms with Gasteiger partial charge in [0, 0.05) is 10.6 Å². The van der Waals surface area contributed by atoms with Gasteiger partial charge in [0.15, 0.2) is 0 Å². The molecule has 126 valence electrons. The normalized spacial score (nSPS) is 19.4. The van der Waals surface area contributed by atoms with Crippen LogP contribution in [-0.4, -0.2) is 16.6 Å². The van der Waals surface area contributed by atoms with Crippen molar-refractivity contribution in [2.75, 3.05) is 0 Å². The van der Waals surface area contributed by atoms with E-state index in [1.54, 1.807) is 12.1 Å². The van der Waals surface area contributed by atoms with Gasteiger partial charge in [-0.15, -0.1) is 0 Å². The largest absolute Gasteiger partial charge is 0.509 e. The topological polar surface area (TPSA) is 49.3 Å². The van der Waals surface area contributed by atoms with Crippen LogP contribution in [0, 0.1) is 6.92 Å². The van der Waals surface area contributed by atoms with E-state index in [1.165, 1.54) is 0 Å². The lowest BCUT2D eigenvalue weighted by Gasteiger charge is -2.33. The highest BCUT2D eigenvalue weighted by molar-refractivity contribution is 6.38. The zero-order valence-electron chi connectivity index (χ0n) is 13.8. The van der Waals surface area contributed by atoms with Crippen LogP contribution in [0.25, 0.3) is 5.57 Å². The van der Waals surface area contributed by atoms with Gasteiger partial charge in [0.25, 0.3) is 5.91 Å². The minimum absolute atomic E-state index is 0.135. The maximum atomic E-state index is 12.4. The van der Waals surface area contributed by atoms with E-state index < -0.39 is 5.54 Å². The maximum Gasteiger partial charge on any atom is 0.256 e. The number of amides is 1. The number of carbonyl (C=O) groups excluding carboxylic acids is 1. The number of hydrogen-bond donors (Lipinski definition) is 2. The number of halogens is 2. The smallest absolute Gasteiger partial charge is 0.256 e. The van der Waals surface area contributed by atoms with Crippen LogP contribution in [-0.2, 0) is 4.79 Å². The number of nitrogens with one attached hydrogen (secondary N) is 1. The Labute approximate surface area is 147 Å². The highest BCUT2D eigenvalue weighted by Gasteiger charge is 2.46. The van der Waals surface area contributed by atoms with Crippen LogP contribution < -0.4 is 5.32 Å². The Morgan fingerprint density at radius 3 is 2.30 bits per heavy atom. The van der Waals surface area contributed by atoms with Gasteiger partial charge in [0.1, 0.15) is 5.76 Å². The molecule has 0 aromatic heterocycles. The Morgan fingerprint density at radius 1 is 1.09 bits per heavy atom. The van der Waals surface area contributed by atoms with E-state index in [9.17, 15) is 9.90 Å². The van der Waals surface area contributed by atoms with Crippen molar-refractivity contribution in [3.8, 4) is 0 Å². The molecule has 0 saturated heterocycles. The lowest BCUT2D eigenvalue weighted by molar-refractivity contribution is -0.116. The minimum Gasteiger partial charge on any atom is -0.509 e. The van der Waals surface area contributed by atoms with Gasteiger partial charge in [-0.25, -0.2) is 0 Å². The summed E-state index contributed by atoms with van der Waals surface area (Å²) in [7, 11) is 0. The highest BCUT2D eigenvalue weighted by Crippen LogP contribution is 2.43. The predicted octanol–water partition coefficient (Wildman–Crippen LogP) is 5.43. The first-order valence-corrected chi connectivity index (χ1v) is 8.92. The van der Waals surface area contributed by atoms with Gasteiger partial charge >= 0.3 is 0 Å². The fraction of sp³-hybridized carbons (Fsp3) is 0.500. The van der Waals surface area contributed by atoms with Crippen LogP contribution in [0.5, 0.6) is 0 Å². The third-order valence-electron chi connectivity index (χ3n) is 4.49. The van der Waals surface area contributed by atoms with Gasteiger partial charge in [-0.3, -0.25) is 4.79 Å². The maximum absolute atomic E-state index is 12.4. The first-order valence-electron chi connectivity index (χ1n) is 8.17. The van der Waals surface area contributed by atoms with E-state index in [0.29, 0.717) is 21.2 Å². The molecule has 5 heteroatoms. The molecule has 2 aliphatic rings. The summed E-state index contributed by atoms with van der Waals surface area (Å²) < 4.78 is 0. The summed E-state index contributed by atoms with van der Waals surface area (Å²) in [6, 6.07) is 3.38. The third kappa shape index (κ3) is 3.22. The van der Waals surface area contributed by atoms with Crippen molar-refractivity contribution < 1.29 is 9.90 Å². The van der Waals surface area contributed by atoms with Crippen LogP contribution in [0.3, 0.4) is 0 Å². The Bertz CT molecular complexity index is 647. The van der Waals surface area contributed by atoms with E-state index in [1.807, 2.05) is 20.8 Å². The molecular formula is C18H23Cl2NO2. The number of rotatable bonds is 1. The summed E-state index contributed by atoms with van der Waals surface area (Å²) in [5.41, 5.74) is 1.08. The standard InChI is InChI=1S/C16H17Cl2NO2.C2H6/c1-9-7-10(12(18)8-11(9)17)13-14(20)16(19-15(13)21)5-3-2-4-6-16;1-2/h7-8,20H,2-6H2,1H3,(H,19,21);1-2H3. The molecule has 1 fully saturated rings. The van der Waals surface area contributed by atoms with Crippen molar-refractivity contribution in [3.63, 3.8) is 0 Å². The van der Waals surface area contributed by atoms with Crippen LogP contribution in [0.1, 0.15) is 57.1 Å². The lowest BCUT2D eigenvalue weighted by Crippen LogP contribution is -2.46. The fourth-order valence-electron chi connectivity index (χ4n) is 3.30. The summed E-state index contributed by atoms with van der Waals surface area (Å²) in [6.07, 6.45) is 4.70. The summed E-state index contributed by atoms with van der Waals surface area (Å²) in [5.74, 6) is -0.117. The van der Waals surface area contributed by atoms with Crippen molar-refractivity contribution in [2.45, 2.75) is 58.4 Å². The highest BCUT2D eigenvalue weighted by atomic mass is 35.5. The molecule has 1 saturated carbocycles. The molecule has 0 atom stereocenters. The second-order valence-corrected chi connectivity index (χ2v) is 6.72. The summed E-state index contributed by atoms with van der Waals surface area (Å²) in [5, 5.41) is 14.6. The van der Waals surface area contributed by atoms with Crippen molar-refractivity contribution in [2.24, 2.45) is 0 Å². The van der Waals surface area contributed by atoms with E-state index in [-0.39, 0.29) is 11.7 Å². The van der Waals surface area contributed by atoms with Crippen molar-refractivity contribution in [3.05, 3.63) is 39.1 Å². The summed E-state index contributed by atoms with van der Waals surface area (Å²) in [4.78, 5) is 12.4. The SMILES string of the molecule is CC.Cc1cc(C2=C(O)C3(CCCCC3)NC2=O)c(Cl)cc1Cl. The first kappa shape index (κ1) is 18.2. The van der Waals surface area contributed by atoms with Gasteiger partial charge < -0.3 is 10.4 Å². The number of aliphatic hydroxyl groups excluding tert-OH is 1. The number of aliphatic hydroxyl groups is 1. The molecular weight excluding hydrogens is 333 g/mol. The van der Waals surface area contributed by atoms with Gasteiger partial charge in [0.2, 0.25) is 0 Å². The number of aryl methyl sites for hydroxylation is 1. The van der Waals surface area contributed by atoms with E-state index >= 15 is 0 Å². The molecule has 2 N–H and O–H groups in total. The molecule has 3 rings (SSSR count). The predicted molar refractivity (Wildman–Crippen MR) is 96.1 cm³/mol. The number of benzene rings is 1. The second-order valence-electron chi connectivity index (χ2n) is 5.90. The zero-order valence-corrected chi connectivity index (χ0v) is 15.3. The molecule has 1 spiro atoms. The van der Waals surface area contributed by atoms with E-state index in [4.69, 9.17) is 23.2 Å². The van der Waals surface area contributed by atoms with Crippen LogP contribution >= 0.6 is 23.2 Å². The lowest BCUT2D eigenvalue weighted by atomic mass is 9.80. The quantitative estimate of drug-likeness (QED) is 0.705. The molecule has 1 amide bonds. The van der Waals surface area contributed by atoms with Crippen LogP contribution in [0.2, 0.25) is 10.0 Å². The Kier molecular flexibility index (Phi) is 5.64. The third-order valence-corrected chi connectivity index (χ3v) is 5.21. The number of hydrogen-bond acceptors (Lipinski definition) is 2. The van der Waals surface area contributed by atoms with E-state index in [0.717, 1.165) is 37.7 Å². The second kappa shape index (κ2) is 7.14. The number of carbonyl (C=O) groups is 1. The molecule has 23 heavy (non-hydrogen) atoms. The van der Waals surface area contributed by atoms with Gasteiger partial charge in [-0.2, -0.15) is 0 Å². The molecule has 0 bridgehead atoms. The monoisotopic (exact) mass is 355 g/mol. The molecule has 1 aliphatic heterocycles. The van der Waals surface area contributed by atoms with Crippen LogP contribution in [0.4, 0.5) is 0 Å². The van der Waals surface area contributed by atoms with Gasteiger partial charge in [-0.05, 0) is 37.5 Å². The van der Waals surface area contributed by atoms with Crippen molar-refractivity contribution in [1.29, 1.82) is 0 Å². The van der Waals surface area contributed by atoms with Crippen molar-refractivity contribution in [1.82, 2.24) is 5.32 Å². The van der Waals surface area contributed by atoms with Gasteiger partial charge in [0.05, 0.1) is 16.1 Å². The van der Waals surface area contributed by atoms with Crippen molar-refractivity contribution >= 4 is 34.7 Å². The van der Waals surface area contributed by atoms with E-state index in [2.05, 4.69) is 5.32 Å². The summed E-state index contributed by atoms with van der Waals surface area (Å²) in [6.45, 7) is 5.85. The summed E-state index contributed by atoms with van der Waals surface area (Å²) >= 11 is 12.3. The zero-order chi connectivity index (χ0) is 17.2.